The fraction of sp³-hybridized carbons (Fsp3) is 0.0625. The van der Waals surface area contributed by atoms with Crippen LogP contribution in [0.4, 0.5) is 0 Å². The Balaban J connectivity index is 2.10. The Hall–Kier alpha value is -2.55. The summed E-state index contributed by atoms with van der Waals surface area (Å²) >= 11 is 0. The number of carbonyl (C=O) groups excluding carboxylic acids is 1. The van der Waals surface area contributed by atoms with E-state index >= 15 is 0 Å². The Morgan fingerprint density at radius 3 is 2.63 bits per heavy atom. The smallest absolute Gasteiger partial charge is 0.196 e. The average molecular weight is 249 g/mol. The Morgan fingerprint density at radius 1 is 1.05 bits per heavy atom. The molecular formula is C16H11NO2. The molecule has 1 aromatic heterocycles. The summed E-state index contributed by atoms with van der Waals surface area (Å²) in [7, 11) is 1.63. The van der Waals surface area contributed by atoms with Gasteiger partial charge in [0.1, 0.15) is 5.75 Å². The molecule has 0 bridgehead atoms. The number of carbonyl (C=O) groups is 1. The molecule has 1 heterocycles. The maximum atomic E-state index is 12.5. The van der Waals surface area contributed by atoms with Crippen molar-refractivity contribution in [1.29, 1.82) is 0 Å². The first-order chi connectivity index (χ1) is 9.29. The maximum Gasteiger partial charge on any atom is 0.196 e. The largest absolute Gasteiger partial charge is 0.497 e. The minimum Gasteiger partial charge on any atom is -0.497 e. The summed E-state index contributed by atoms with van der Waals surface area (Å²) in [4.78, 5) is 15.8. The first-order valence-corrected chi connectivity index (χ1v) is 6.13. The highest BCUT2D eigenvalue weighted by molar-refractivity contribution is 6.27. The Labute approximate surface area is 109 Å². The van der Waals surface area contributed by atoms with E-state index in [1.54, 1.807) is 7.11 Å². The van der Waals surface area contributed by atoms with Crippen LogP contribution in [0.5, 0.6) is 5.75 Å². The molecule has 0 amide bonds. The van der Waals surface area contributed by atoms with E-state index in [2.05, 4.69) is 4.98 Å². The predicted molar refractivity (Wildman–Crippen MR) is 73.7 cm³/mol. The van der Waals surface area contributed by atoms with Crippen molar-refractivity contribution in [1.82, 2.24) is 4.98 Å². The zero-order valence-corrected chi connectivity index (χ0v) is 10.4. The maximum absolute atomic E-state index is 12.5. The number of rotatable bonds is 1. The van der Waals surface area contributed by atoms with Gasteiger partial charge in [0.2, 0.25) is 0 Å². The number of methoxy groups -OCH3 is 1. The van der Waals surface area contributed by atoms with Crippen LogP contribution in [-0.4, -0.2) is 17.9 Å². The van der Waals surface area contributed by atoms with Gasteiger partial charge in [0.15, 0.2) is 5.78 Å². The number of hydrogen-bond acceptors (Lipinski definition) is 2. The van der Waals surface area contributed by atoms with Crippen molar-refractivity contribution in [3.63, 3.8) is 0 Å². The van der Waals surface area contributed by atoms with E-state index in [9.17, 15) is 4.79 Å². The van der Waals surface area contributed by atoms with Crippen LogP contribution in [0.2, 0.25) is 0 Å². The van der Waals surface area contributed by atoms with Gasteiger partial charge in [-0.3, -0.25) is 4.79 Å². The zero-order valence-electron chi connectivity index (χ0n) is 10.4. The molecule has 0 saturated heterocycles. The van der Waals surface area contributed by atoms with Gasteiger partial charge in [-0.05, 0) is 18.2 Å². The van der Waals surface area contributed by atoms with E-state index in [0.29, 0.717) is 0 Å². The van der Waals surface area contributed by atoms with Crippen molar-refractivity contribution in [2.24, 2.45) is 0 Å². The third-order valence-corrected chi connectivity index (χ3v) is 3.67. The number of fused-ring (bicyclic) bond motifs is 5. The van der Waals surface area contributed by atoms with E-state index in [1.807, 2.05) is 42.5 Å². The third-order valence-electron chi connectivity index (χ3n) is 3.67. The van der Waals surface area contributed by atoms with Crippen molar-refractivity contribution >= 4 is 16.7 Å². The number of hydrogen-bond donors (Lipinski definition) is 1. The lowest BCUT2D eigenvalue weighted by Gasteiger charge is -2.00. The lowest BCUT2D eigenvalue weighted by atomic mass is 10.1. The Kier molecular flexibility index (Phi) is 1.90. The van der Waals surface area contributed by atoms with E-state index in [4.69, 9.17) is 4.74 Å². The Morgan fingerprint density at radius 2 is 1.84 bits per heavy atom. The summed E-state index contributed by atoms with van der Waals surface area (Å²) < 4.78 is 5.24. The monoisotopic (exact) mass is 249 g/mol. The van der Waals surface area contributed by atoms with Crippen molar-refractivity contribution in [3.05, 3.63) is 53.6 Å². The van der Waals surface area contributed by atoms with Gasteiger partial charge in [0.25, 0.3) is 0 Å². The molecular weight excluding hydrogens is 238 g/mol. The van der Waals surface area contributed by atoms with E-state index in [-0.39, 0.29) is 5.78 Å². The topological polar surface area (TPSA) is 42.1 Å². The van der Waals surface area contributed by atoms with Gasteiger partial charge < -0.3 is 9.72 Å². The molecule has 2 aromatic carbocycles. The van der Waals surface area contributed by atoms with E-state index < -0.39 is 0 Å². The number of ketones is 1. The fourth-order valence-corrected chi connectivity index (χ4v) is 2.77. The Bertz CT molecular complexity index is 830. The highest BCUT2D eigenvalue weighted by Gasteiger charge is 2.30. The highest BCUT2D eigenvalue weighted by Crippen LogP contribution is 2.40. The van der Waals surface area contributed by atoms with Gasteiger partial charge in [-0.15, -0.1) is 0 Å². The van der Waals surface area contributed by atoms with Crippen LogP contribution in [0.3, 0.4) is 0 Å². The molecule has 0 atom stereocenters. The summed E-state index contributed by atoms with van der Waals surface area (Å²) in [6, 6.07) is 13.4. The normalized spacial score (nSPS) is 12.6. The summed E-state index contributed by atoms with van der Waals surface area (Å²) in [5.74, 6) is 0.850. The molecule has 3 aromatic rings. The first kappa shape index (κ1) is 10.4. The molecule has 0 unspecified atom stereocenters. The van der Waals surface area contributed by atoms with E-state index in [0.717, 1.165) is 39.0 Å². The molecule has 4 rings (SSSR count). The predicted octanol–water partition coefficient (Wildman–Crippen LogP) is 3.39. The molecule has 0 fully saturated rings. The van der Waals surface area contributed by atoms with Gasteiger partial charge in [0, 0.05) is 22.0 Å². The second-order valence-corrected chi connectivity index (χ2v) is 4.66. The van der Waals surface area contributed by atoms with Crippen molar-refractivity contribution in [3.8, 4) is 17.0 Å². The summed E-state index contributed by atoms with van der Waals surface area (Å²) in [5, 5.41) is 0.926. The molecule has 19 heavy (non-hydrogen) atoms. The number of aromatic amines is 1. The lowest BCUT2D eigenvalue weighted by molar-refractivity contribution is 0.104. The second kappa shape index (κ2) is 3.48. The molecule has 92 valence electrons. The second-order valence-electron chi connectivity index (χ2n) is 4.66. The van der Waals surface area contributed by atoms with Gasteiger partial charge in [-0.2, -0.15) is 0 Å². The summed E-state index contributed by atoms with van der Waals surface area (Å²) in [6.45, 7) is 0. The van der Waals surface area contributed by atoms with Crippen LogP contribution in [-0.2, 0) is 0 Å². The molecule has 1 aliphatic carbocycles. The minimum atomic E-state index is 0.0881. The van der Waals surface area contributed by atoms with Crippen LogP contribution in [0.1, 0.15) is 15.9 Å². The fourth-order valence-electron chi connectivity index (χ4n) is 2.77. The van der Waals surface area contributed by atoms with Crippen LogP contribution >= 0.6 is 0 Å². The van der Waals surface area contributed by atoms with Gasteiger partial charge in [-0.1, -0.05) is 24.3 Å². The molecule has 0 aliphatic heterocycles. The van der Waals surface area contributed by atoms with Gasteiger partial charge >= 0.3 is 0 Å². The third kappa shape index (κ3) is 1.24. The molecule has 3 heteroatoms. The highest BCUT2D eigenvalue weighted by atomic mass is 16.5. The standard InChI is InChI=1S/C16H11NO2/c1-19-9-6-7-13-12(8-9)14-15(17-13)10-4-2-3-5-11(10)16(14)18/h2-8,17H,1H3. The molecule has 1 N–H and O–H groups in total. The summed E-state index contributed by atoms with van der Waals surface area (Å²) in [6.07, 6.45) is 0. The van der Waals surface area contributed by atoms with Crippen LogP contribution < -0.4 is 4.74 Å². The van der Waals surface area contributed by atoms with Crippen molar-refractivity contribution < 1.29 is 9.53 Å². The van der Waals surface area contributed by atoms with Crippen molar-refractivity contribution in [2.45, 2.75) is 0 Å². The summed E-state index contributed by atoms with van der Waals surface area (Å²) in [5.41, 5.74) is 4.40. The number of aromatic nitrogens is 1. The van der Waals surface area contributed by atoms with Crippen LogP contribution in [0, 0.1) is 0 Å². The molecule has 3 nitrogen and oxygen atoms in total. The number of ether oxygens (including phenoxy) is 1. The SMILES string of the molecule is COc1ccc2[nH]c3c(c2c1)C(=O)c1ccccc1-3. The lowest BCUT2D eigenvalue weighted by Crippen LogP contribution is -1.94. The van der Waals surface area contributed by atoms with Gasteiger partial charge in [0.05, 0.1) is 18.4 Å². The van der Waals surface area contributed by atoms with Gasteiger partial charge in [-0.25, -0.2) is 0 Å². The molecule has 0 spiro atoms. The van der Waals surface area contributed by atoms with Crippen LogP contribution in [0.15, 0.2) is 42.5 Å². The number of H-pyrrole nitrogens is 1. The van der Waals surface area contributed by atoms with Crippen molar-refractivity contribution in [2.75, 3.05) is 7.11 Å². The average Bonchev–Trinajstić information content (AvgIpc) is 2.96. The zero-order chi connectivity index (χ0) is 13.0. The molecule has 0 saturated carbocycles. The van der Waals surface area contributed by atoms with E-state index in [1.165, 1.54) is 0 Å². The molecule has 1 aliphatic rings. The number of benzene rings is 2. The quantitative estimate of drug-likeness (QED) is 0.562. The number of nitrogens with one attached hydrogen (secondary N) is 1. The van der Waals surface area contributed by atoms with Crippen LogP contribution in [0.25, 0.3) is 22.2 Å². The molecule has 0 radical (unpaired) electrons. The minimum absolute atomic E-state index is 0.0881. The first-order valence-electron chi connectivity index (χ1n) is 6.13.